The van der Waals surface area contributed by atoms with E-state index in [1.165, 1.54) is 23.3 Å². The fourth-order valence-electron chi connectivity index (χ4n) is 1.43. The van der Waals surface area contributed by atoms with Crippen molar-refractivity contribution in [1.82, 2.24) is 0 Å². The first-order valence-electron chi connectivity index (χ1n) is 5.85. The lowest BCUT2D eigenvalue weighted by molar-refractivity contribution is 0.0694. The van der Waals surface area contributed by atoms with Crippen molar-refractivity contribution < 1.29 is 14.7 Å². The summed E-state index contributed by atoms with van der Waals surface area (Å²) in [6.45, 7) is 4.19. The van der Waals surface area contributed by atoms with Crippen molar-refractivity contribution in [2.45, 2.75) is 13.8 Å². The monoisotopic (exact) mass is 256 g/mol. The standard InChI is InChI=1S/C8H6O3.C8H10/c9-5-6-3-1-2-4-7(6)8(10)11;1-7-3-5-8(2)6-4-7/h1-5H,(H,10,11);3-6H,1-2H3. The zero-order valence-corrected chi connectivity index (χ0v) is 11.0. The van der Waals surface area contributed by atoms with E-state index in [0.29, 0.717) is 6.29 Å². The maximum absolute atomic E-state index is 10.4. The third-order valence-electron chi connectivity index (χ3n) is 2.54. The van der Waals surface area contributed by atoms with Gasteiger partial charge in [-0.2, -0.15) is 0 Å². The van der Waals surface area contributed by atoms with Gasteiger partial charge < -0.3 is 5.11 Å². The predicted molar refractivity (Wildman–Crippen MR) is 74.7 cm³/mol. The van der Waals surface area contributed by atoms with Crippen LogP contribution >= 0.6 is 0 Å². The maximum atomic E-state index is 10.4. The van der Waals surface area contributed by atoms with Crippen LogP contribution in [-0.2, 0) is 0 Å². The molecule has 0 unspecified atom stereocenters. The van der Waals surface area contributed by atoms with E-state index in [1.54, 1.807) is 12.1 Å². The summed E-state index contributed by atoms with van der Waals surface area (Å²) in [5, 5.41) is 8.54. The average molecular weight is 256 g/mol. The molecule has 1 N–H and O–H groups in total. The van der Waals surface area contributed by atoms with E-state index in [-0.39, 0.29) is 11.1 Å². The molecule has 3 nitrogen and oxygen atoms in total. The van der Waals surface area contributed by atoms with E-state index in [9.17, 15) is 9.59 Å². The number of aryl methyl sites for hydroxylation is 2. The summed E-state index contributed by atoms with van der Waals surface area (Å²) in [4.78, 5) is 20.7. The Morgan fingerprint density at radius 2 is 1.42 bits per heavy atom. The Morgan fingerprint density at radius 1 is 0.947 bits per heavy atom. The van der Waals surface area contributed by atoms with E-state index in [1.807, 2.05) is 0 Å². The van der Waals surface area contributed by atoms with Gasteiger partial charge >= 0.3 is 5.97 Å². The molecule has 0 aliphatic heterocycles. The summed E-state index contributed by atoms with van der Waals surface area (Å²) in [6.07, 6.45) is 0.531. The molecule has 0 spiro atoms. The van der Waals surface area contributed by atoms with Crippen LogP contribution in [0.1, 0.15) is 31.8 Å². The fraction of sp³-hybridized carbons (Fsp3) is 0.125. The number of hydrogen-bond acceptors (Lipinski definition) is 2. The van der Waals surface area contributed by atoms with Crippen molar-refractivity contribution in [2.75, 3.05) is 0 Å². The van der Waals surface area contributed by atoms with Crippen LogP contribution in [-0.4, -0.2) is 17.4 Å². The second kappa shape index (κ2) is 7.11. The minimum Gasteiger partial charge on any atom is -0.478 e. The molecule has 0 aliphatic rings. The molecule has 0 saturated heterocycles. The van der Waals surface area contributed by atoms with E-state index in [2.05, 4.69) is 38.1 Å². The predicted octanol–water partition coefficient (Wildman–Crippen LogP) is 3.50. The Kier molecular flexibility index (Phi) is 5.48. The van der Waals surface area contributed by atoms with Gasteiger partial charge in [-0.05, 0) is 19.9 Å². The highest BCUT2D eigenvalue weighted by molar-refractivity contribution is 5.96. The quantitative estimate of drug-likeness (QED) is 0.837. The molecule has 98 valence electrons. The Balaban J connectivity index is 0.000000200. The molecule has 0 aliphatic carbocycles. The Bertz CT molecular complexity index is 535. The SMILES string of the molecule is Cc1ccc(C)cc1.O=Cc1ccccc1C(=O)O. The molecule has 0 atom stereocenters. The summed E-state index contributed by atoms with van der Waals surface area (Å²) in [5.74, 6) is -1.08. The first kappa shape index (κ1) is 14.6. The number of rotatable bonds is 2. The van der Waals surface area contributed by atoms with Crippen LogP contribution in [0.4, 0.5) is 0 Å². The number of carbonyl (C=O) groups is 2. The van der Waals surface area contributed by atoms with Crippen molar-refractivity contribution in [3.05, 3.63) is 70.8 Å². The highest BCUT2D eigenvalue weighted by atomic mass is 16.4. The molecule has 0 bridgehead atoms. The van der Waals surface area contributed by atoms with Crippen molar-refractivity contribution >= 4 is 12.3 Å². The van der Waals surface area contributed by atoms with Gasteiger partial charge in [-0.15, -0.1) is 0 Å². The summed E-state index contributed by atoms with van der Waals surface area (Å²) >= 11 is 0. The molecular weight excluding hydrogens is 240 g/mol. The van der Waals surface area contributed by atoms with Crippen LogP contribution < -0.4 is 0 Å². The highest BCUT2D eigenvalue weighted by Gasteiger charge is 2.06. The normalized spacial score (nSPS) is 9.16. The van der Waals surface area contributed by atoms with Crippen molar-refractivity contribution in [3.63, 3.8) is 0 Å². The lowest BCUT2D eigenvalue weighted by Gasteiger charge is -1.95. The molecule has 0 aromatic heterocycles. The number of benzene rings is 2. The highest BCUT2D eigenvalue weighted by Crippen LogP contribution is 2.04. The lowest BCUT2D eigenvalue weighted by Crippen LogP contribution is -2.00. The summed E-state index contributed by atoms with van der Waals surface area (Å²) in [7, 11) is 0. The van der Waals surface area contributed by atoms with Crippen LogP contribution in [0.25, 0.3) is 0 Å². The summed E-state index contributed by atoms with van der Waals surface area (Å²) < 4.78 is 0. The van der Waals surface area contributed by atoms with Crippen molar-refractivity contribution in [1.29, 1.82) is 0 Å². The molecule has 2 aromatic rings. The topological polar surface area (TPSA) is 54.4 Å². The van der Waals surface area contributed by atoms with Gasteiger partial charge in [-0.3, -0.25) is 4.79 Å². The van der Waals surface area contributed by atoms with Gasteiger partial charge in [0, 0.05) is 5.56 Å². The van der Waals surface area contributed by atoms with Crippen LogP contribution in [0.3, 0.4) is 0 Å². The molecule has 0 amide bonds. The molecule has 2 rings (SSSR count). The van der Waals surface area contributed by atoms with E-state index in [4.69, 9.17) is 5.11 Å². The van der Waals surface area contributed by atoms with Gasteiger partial charge in [0.2, 0.25) is 0 Å². The molecule has 0 radical (unpaired) electrons. The minimum atomic E-state index is -1.08. The van der Waals surface area contributed by atoms with E-state index >= 15 is 0 Å². The molecule has 3 heteroatoms. The first-order valence-corrected chi connectivity index (χ1v) is 5.85. The Hall–Kier alpha value is -2.42. The third kappa shape index (κ3) is 4.76. The molecule has 0 heterocycles. The number of hydrogen-bond donors (Lipinski definition) is 1. The first-order chi connectivity index (χ1) is 9.04. The van der Waals surface area contributed by atoms with Gasteiger partial charge in [0.25, 0.3) is 0 Å². The maximum Gasteiger partial charge on any atom is 0.336 e. The second-order valence-electron chi connectivity index (χ2n) is 4.16. The largest absolute Gasteiger partial charge is 0.478 e. The third-order valence-corrected chi connectivity index (χ3v) is 2.54. The van der Waals surface area contributed by atoms with Crippen molar-refractivity contribution in [2.24, 2.45) is 0 Å². The van der Waals surface area contributed by atoms with Gasteiger partial charge in [0.1, 0.15) is 0 Å². The smallest absolute Gasteiger partial charge is 0.336 e. The molecular formula is C16H16O3. The molecule has 0 fully saturated rings. The van der Waals surface area contributed by atoms with E-state index in [0.717, 1.165) is 0 Å². The number of carboxylic acids is 1. The van der Waals surface area contributed by atoms with Crippen LogP contribution in [0.15, 0.2) is 48.5 Å². The summed E-state index contributed by atoms with van der Waals surface area (Å²) in [6, 6.07) is 14.5. The molecule has 2 aromatic carbocycles. The number of carbonyl (C=O) groups excluding carboxylic acids is 1. The lowest BCUT2D eigenvalue weighted by atomic mass is 10.1. The number of aldehydes is 1. The average Bonchev–Trinajstić information content (AvgIpc) is 2.42. The van der Waals surface area contributed by atoms with Crippen LogP contribution in [0.2, 0.25) is 0 Å². The summed E-state index contributed by atoms with van der Waals surface area (Å²) in [5.41, 5.74) is 2.91. The fourth-order valence-corrected chi connectivity index (χ4v) is 1.43. The molecule has 0 saturated carbocycles. The number of carboxylic acid groups (broad SMARTS) is 1. The molecule has 19 heavy (non-hydrogen) atoms. The van der Waals surface area contributed by atoms with Crippen LogP contribution in [0, 0.1) is 13.8 Å². The van der Waals surface area contributed by atoms with Gasteiger partial charge in [-0.25, -0.2) is 4.79 Å². The van der Waals surface area contributed by atoms with Gasteiger partial charge in [0.15, 0.2) is 6.29 Å². The van der Waals surface area contributed by atoms with Crippen LogP contribution in [0.5, 0.6) is 0 Å². The minimum absolute atomic E-state index is 0.0440. The Labute approximate surface area is 112 Å². The zero-order chi connectivity index (χ0) is 14.3. The van der Waals surface area contributed by atoms with E-state index < -0.39 is 5.97 Å². The number of aromatic carboxylic acids is 1. The van der Waals surface area contributed by atoms with Gasteiger partial charge in [-0.1, -0.05) is 53.6 Å². The van der Waals surface area contributed by atoms with Gasteiger partial charge in [0.05, 0.1) is 5.56 Å². The zero-order valence-electron chi connectivity index (χ0n) is 11.0. The Morgan fingerprint density at radius 3 is 1.79 bits per heavy atom. The second-order valence-corrected chi connectivity index (χ2v) is 4.16. The van der Waals surface area contributed by atoms with Crippen molar-refractivity contribution in [3.8, 4) is 0 Å².